The summed E-state index contributed by atoms with van der Waals surface area (Å²) in [6.07, 6.45) is 1.26. The van der Waals surface area contributed by atoms with Gasteiger partial charge in [0.25, 0.3) is 0 Å². The second-order valence-electron chi connectivity index (χ2n) is 6.85. The van der Waals surface area contributed by atoms with Gasteiger partial charge >= 0.3 is 12.1 Å². The van der Waals surface area contributed by atoms with Crippen LogP contribution in [0.3, 0.4) is 0 Å². The van der Waals surface area contributed by atoms with E-state index in [4.69, 9.17) is 9.84 Å². The van der Waals surface area contributed by atoms with E-state index in [0.29, 0.717) is 19.3 Å². The van der Waals surface area contributed by atoms with Crippen LogP contribution < -0.4 is 5.32 Å². The van der Waals surface area contributed by atoms with Gasteiger partial charge in [0.1, 0.15) is 5.60 Å². The first-order chi connectivity index (χ1) is 10.7. The Kier molecular flexibility index (Phi) is 7.07. The van der Waals surface area contributed by atoms with E-state index in [1.165, 1.54) is 0 Å². The molecule has 2 atom stereocenters. The maximum absolute atomic E-state index is 12.0. The highest BCUT2D eigenvalue weighted by Gasteiger charge is 2.21. The molecule has 0 aromatic heterocycles. The number of carbonyl (C=O) groups excluding carboxylic acids is 1. The third kappa shape index (κ3) is 8.24. The first-order valence-electron chi connectivity index (χ1n) is 7.93. The van der Waals surface area contributed by atoms with Crippen LogP contribution in [0.5, 0.6) is 0 Å². The van der Waals surface area contributed by atoms with Gasteiger partial charge in [0.15, 0.2) is 0 Å². The Labute approximate surface area is 138 Å². The predicted octanol–water partition coefficient (Wildman–Crippen LogP) is 3.62. The van der Waals surface area contributed by atoms with E-state index in [1.807, 2.05) is 51.1 Å². The topological polar surface area (TPSA) is 75.6 Å². The largest absolute Gasteiger partial charge is 0.481 e. The van der Waals surface area contributed by atoms with Crippen LogP contribution in [0.15, 0.2) is 30.3 Å². The lowest BCUT2D eigenvalue weighted by Crippen LogP contribution is -2.40. The summed E-state index contributed by atoms with van der Waals surface area (Å²) in [4.78, 5) is 23.0. The molecule has 0 unspecified atom stereocenters. The Morgan fingerprint density at radius 2 is 1.78 bits per heavy atom. The molecule has 0 aliphatic carbocycles. The number of benzene rings is 1. The molecule has 23 heavy (non-hydrogen) atoms. The van der Waals surface area contributed by atoms with Crippen molar-refractivity contribution >= 4 is 12.1 Å². The molecule has 0 heterocycles. The molecule has 0 bridgehead atoms. The molecule has 0 saturated carbocycles. The fourth-order valence-corrected chi connectivity index (χ4v) is 2.17. The number of alkyl carbamates (subject to hydrolysis) is 1. The minimum absolute atomic E-state index is 0.158. The number of ether oxygens (including phenoxy) is 1. The summed E-state index contributed by atoms with van der Waals surface area (Å²) in [5.74, 6) is -1.26. The van der Waals surface area contributed by atoms with Crippen molar-refractivity contribution in [2.24, 2.45) is 5.92 Å². The standard InChI is InChI=1S/C18H27NO4/c1-13(16(20)21)10-11-15(12-14-8-6-5-7-9-14)19-17(22)23-18(2,3)4/h5-9,13,15H,10-12H2,1-4H3,(H,19,22)(H,20,21)/t13-,15+/m0/s1. The van der Waals surface area contributed by atoms with Crippen molar-refractivity contribution in [1.82, 2.24) is 5.32 Å². The van der Waals surface area contributed by atoms with Crippen molar-refractivity contribution in [3.8, 4) is 0 Å². The van der Waals surface area contributed by atoms with Crippen LogP contribution in [0.25, 0.3) is 0 Å². The second kappa shape index (κ2) is 8.56. The molecule has 0 aliphatic rings. The van der Waals surface area contributed by atoms with Crippen LogP contribution in [0.1, 0.15) is 46.1 Å². The molecule has 128 valence electrons. The van der Waals surface area contributed by atoms with Gasteiger partial charge in [0.2, 0.25) is 0 Å². The highest BCUT2D eigenvalue weighted by Crippen LogP contribution is 2.14. The normalized spacial score (nSPS) is 13.9. The number of nitrogens with one attached hydrogen (secondary N) is 1. The predicted molar refractivity (Wildman–Crippen MR) is 89.3 cm³/mol. The Morgan fingerprint density at radius 1 is 1.17 bits per heavy atom. The fraction of sp³-hybridized carbons (Fsp3) is 0.556. The maximum Gasteiger partial charge on any atom is 0.407 e. The van der Waals surface area contributed by atoms with Crippen molar-refractivity contribution < 1.29 is 19.4 Å². The molecule has 1 aromatic carbocycles. The van der Waals surface area contributed by atoms with Gasteiger partial charge in [-0.05, 0) is 45.6 Å². The van der Waals surface area contributed by atoms with Crippen molar-refractivity contribution in [1.29, 1.82) is 0 Å². The van der Waals surface area contributed by atoms with Gasteiger partial charge in [-0.2, -0.15) is 0 Å². The van der Waals surface area contributed by atoms with E-state index in [2.05, 4.69) is 5.32 Å². The summed E-state index contributed by atoms with van der Waals surface area (Å²) in [5, 5.41) is 11.9. The number of hydrogen-bond acceptors (Lipinski definition) is 3. The van der Waals surface area contributed by atoms with Crippen LogP contribution in [-0.2, 0) is 16.0 Å². The van der Waals surface area contributed by atoms with E-state index in [9.17, 15) is 9.59 Å². The van der Waals surface area contributed by atoms with E-state index >= 15 is 0 Å². The monoisotopic (exact) mass is 321 g/mol. The number of carbonyl (C=O) groups is 2. The zero-order valence-electron chi connectivity index (χ0n) is 14.3. The van der Waals surface area contributed by atoms with Gasteiger partial charge in [-0.3, -0.25) is 4.79 Å². The van der Waals surface area contributed by atoms with Crippen molar-refractivity contribution in [2.75, 3.05) is 0 Å². The Bertz CT molecular complexity index is 508. The first kappa shape index (κ1) is 19.0. The molecule has 5 heteroatoms. The molecule has 0 fully saturated rings. The van der Waals surface area contributed by atoms with Crippen LogP contribution in [0, 0.1) is 5.92 Å². The molecule has 0 spiro atoms. The number of amides is 1. The number of hydrogen-bond donors (Lipinski definition) is 2. The van der Waals surface area contributed by atoms with Crippen LogP contribution in [0.4, 0.5) is 4.79 Å². The highest BCUT2D eigenvalue weighted by atomic mass is 16.6. The number of rotatable bonds is 7. The average molecular weight is 321 g/mol. The van der Waals surface area contributed by atoms with Gasteiger partial charge in [-0.25, -0.2) is 4.79 Å². The minimum atomic E-state index is -0.819. The van der Waals surface area contributed by atoms with E-state index in [1.54, 1.807) is 6.92 Å². The molecule has 2 N–H and O–H groups in total. The summed E-state index contributed by atoms with van der Waals surface area (Å²) in [6, 6.07) is 9.65. The first-order valence-corrected chi connectivity index (χ1v) is 7.93. The zero-order chi connectivity index (χ0) is 17.5. The van der Waals surface area contributed by atoms with Gasteiger partial charge < -0.3 is 15.2 Å². The number of carboxylic acid groups (broad SMARTS) is 1. The second-order valence-corrected chi connectivity index (χ2v) is 6.85. The quantitative estimate of drug-likeness (QED) is 0.804. The Hall–Kier alpha value is -2.04. The Morgan fingerprint density at radius 3 is 2.30 bits per heavy atom. The highest BCUT2D eigenvalue weighted by molar-refractivity contribution is 5.69. The lowest BCUT2D eigenvalue weighted by Gasteiger charge is -2.24. The summed E-state index contributed by atoms with van der Waals surface area (Å²) in [5.41, 5.74) is 0.534. The van der Waals surface area contributed by atoms with E-state index < -0.39 is 23.6 Å². The molecule has 0 aliphatic heterocycles. The molecular formula is C18H27NO4. The number of aliphatic carboxylic acids is 1. The third-order valence-electron chi connectivity index (χ3n) is 3.42. The molecule has 1 rings (SSSR count). The molecule has 1 aromatic rings. The molecule has 0 radical (unpaired) electrons. The van der Waals surface area contributed by atoms with Crippen LogP contribution >= 0.6 is 0 Å². The summed E-state index contributed by atoms with van der Waals surface area (Å²) in [6.45, 7) is 7.11. The van der Waals surface area contributed by atoms with Crippen molar-refractivity contribution in [2.45, 2.75) is 58.6 Å². The average Bonchev–Trinajstić information content (AvgIpc) is 2.43. The van der Waals surface area contributed by atoms with Gasteiger partial charge in [-0.1, -0.05) is 37.3 Å². The van der Waals surface area contributed by atoms with Crippen molar-refractivity contribution in [3.63, 3.8) is 0 Å². The maximum atomic E-state index is 12.0. The van der Waals surface area contributed by atoms with Gasteiger partial charge in [0.05, 0.1) is 5.92 Å². The van der Waals surface area contributed by atoms with Crippen molar-refractivity contribution in [3.05, 3.63) is 35.9 Å². The summed E-state index contributed by atoms with van der Waals surface area (Å²) in [7, 11) is 0. The molecule has 1 amide bonds. The lowest BCUT2D eigenvalue weighted by molar-refractivity contribution is -0.141. The van der Waals surface area contributed by atoms with Gasteiger partial charge in [0, 0.05) is 6.04 Å². The third-order valence-corrected chi connectivity index (χ3v) is 3.42. The number of carboxylic acids is 1. The smallest absolute Gasteiger partial charge is 0.407 e. The summed E-state index contributed by atoms with van der Waals surface area (Å²) >= 11 is 0. The summed E-state index contributed by atoms with van der Waals surface area (Å²) < 4.78 is 5.29. The van der Waals surface area contributed by atoms with Crippen LogP contribution in [0.2, 0.25) is 0 Å². The SMILES string of the molecule is C[C@@H](CC[C@H](Cc1ccccc1)NC(=O)OC(C)(C)C)C(=O)O. The fourth-order valence-electron chi connectivity index (χ4n) is 2.17. The molecular weight excluding hydrogens is 294 g/mol. The zero-order valence-corrected chi connectivity index (χ0v) is 14.3. The van der Waals surface area contributed by atoms with E-state index in [-0.39, 0.29) is 6.04 Å². The van der Waals surface area contributed by atoms with E-state index in [0.717, 1.165) is 5.56 Å². The van der Waals surface area contributed by atoms with Gasteiger partial charge in [-0.15, -0.1) is 0 Å². The molecule has 5 nitrogen and oxygen atoms in total. The minimum Gasteiger partial charge on any atom is -0.481 e. The Balaban J connectivity index is 2.67. The lowest BCUT2D eigenvalue weighted by atomic mass is 9.97. The van der Waals surface area contributed by atoms with Crippen LogP contribution in [-0.4, -0.2) is 28.8 Å². The molecule has 0 saturated heterocycles.